The zero-order chi connectivity index (χ0) is 18.5. The summed E-state index contributed by atoms with van der Waals surface area (Å²) in [6, 6.07) is 6.87. The number of benzene rings is 1. The van der Waals surface area contributed by atoms with Gasteiger partial charge < -0.3 is 5.11 Å². The van der Waals surface area contributed by atoms with Crippen LogP contribution in [0.3, 0.4) is 0 Å². The van der Waals surface area contributed by atoms with E-state index < -0.39 is 11.5 Å². The van der Waals surface area contributed by atoms with E-state index in [9.17, 15) is 19.5 Å². The fraction of sp³-hybridized carbons (Fsp3) is 0.571. The summed E-state index contributed by atoms with van der Waals surface area (Å²) in [7, 11) is 0. The van der Waals surface area contributed by atoms with Crippen molar-refractivity contribution in [2.75, 3.05) is 6.54 Å². The van der Waals surface area contributed by atoms with Crippen LogP contribution in [-0.4, -0.2) is 40.3 Å². The average Bonchev–Trinajstić information content (AvgIpc) is 3.06. The molecule has 1 aliphatic heterocycles. The van der Waals surface area contributed by atoms with Gasteiger partial charge in [-0.1, -0.05) is 19.1 Å². The van der Waals surface area contributed by atoms with Crippen molar-refractivity contribution in [2.24, 2.45) is 17.3 Å². The number of aliphatic hydroxyl groups excluding tert-OH is 1. The highest BCUT2D eigenvalue weighted by Gasteiger charge is 2.56. The molecule has 26 heavy (non-hydrogen) atoms. The first-order chi connectivity index (χ1) is 12.4. The SMILES string of the molecule is C[C@H]1C[C@@H]2CCC(=O)[C@@]2(CCCN2C(=O)c3ccccc3C2=O)[C@@H](O)C1. The van der Waals surface area contributed by atoms with Gasteiger partial charge in [-0.05, 0) is 56.1 Å². The fourth-order valence-corrected chi connectivity index (χ4v) is 5.46. The van der Waals surface area contributed by atoms with Crippen molar-refractivity contribution in [3.63, 3.8) is 0 Å². The Morgan fingerprint density at radius 1 is 1.12 bits per heavy atom. The van der Waals surface area contributed by atoms with Crippen molar-refractivity contribution < 1.29 is 19.5 Å². The van der Waals surface area contributed by atoms with E-state index in [1.54, 1.807) is 24.3 Å². The summed E-state index contributed by atoms with van der Waals surface area (Å²) >= 11 is 0. The lowest BCUT2D eigenvalue weighted by atomic mass is 9.61. The van der Waals surface area contributed by atoms with E-state index in [1.807, 2.05) is 0 Å². The Morgan fingerprint density at radius 3 is 2.42 bits per heavy atom. The minimum absolute atomic E-state index is 0.171. The number of nitrogens with zero attached hydrogens (tertiary/aromatic N) is 1. The van der Waals surface area contributed by atoms with Crippen LogP contribution >= 0.6 is 0 Å². The third-order valence-electron chi connectivity index (χ3n) is 6.73. The number of ketones is 1. The predicted octanol–water partition coefficient (Wildman–Crippen LogP) is 2.82. The van der Waals surface area contributed by atoms with Gasteiger partial charge in [-0.3, -0.25) is 19.3 Å². The summed E-state index contributed by atoms with van der Waals surface area (Å²) in [4.78, 5) is 38.9. The molecule has 1 aromatic carbocycles. The fourth-order valence-electron chi connectivity index (χ4n) is 5.46. The molecule has 2 fully saturated rings. The summed E-state index contributed by atoms with van der Waals surface area (Å²) in [6.45, 7) is 2.44. The molecular weight excluding hydrogens is 330 g/mol. The average molecular weight is 355 g/mol. The number of hydrogen-bond donors (Lipinski definition) is 1. The van der Waals surface area contributed by atoms with Crippen LogP contribution in [0.15, 0.2) is 24.3 Å². The molecular formula is C21H25NO4. The number of amides is 2. The molecule has 2 amide bonds. The molecule has 2 aliphatic carbocycles. The summed E-state index contributed by atoms with van der Waals surface area (Å²) in [5.74, 6) is 0.330. The largest absolute Gasteiger partial charge is 0.392 e. The predicted molar refractivity (Wildman–Crippen MR) is 95.6 cm³/mol. The quantitative estimate of drug-likeness (QED) is 0.843. The van der Waals surface area contributed by atoms with Gasteiger partial charge in [-0.25, -0.2) is 0 Å². The molecule has 5 nitrogen and oxygen atoms in total. The second-order valence-electron chi connectivity index (χ2n) is 8.20. The Labute approximate surface area is 153 Å². The highest BCUT2D eigenvalue weighted by atomic mass is 16.3. The molecule has 0 unspecified atom stereocenters. The van der Waals surface area contributed by atoms with E-state index in [4.69, 9.17) is 0 Å². The van der Waals surface area contributed by atoms with Crippen molar-refractivity contribution >= 4 is 17.6 Å². The van der Waals surface area contributed by atoms with Crippen LogP contribution in [0, 0.1) is 17.3 Å². The van der Waals surface area contributed by atoms with E-state index in [-0.39, 0.29) is 23.5 Å². The van der Waals surface area contributed by atoms with Gasteiger partial charge in [0.2, 0.25) is 0 Å². The van der Waals surface area contributed by atoms with Gasteiger partial charge in [0.1, 0.15) is 5.78 Å². The molecule has 4 rings (SSSR count). The maximum absolute atomic E-state index is 12.7. The summed E-state index contributed by atoms with van der Waals surface area (Å²) in [6.07, 6.45) is 3.55. The van der Waals surface area contributed by atoms with Crippen LogP contribution in [0.4, 0.5) is 0 Å². The lowest BCUT2D eigenvalue weighted by molar-refractivity contribution is -0.141. The van der Waals surface area contributed by atoms with Gasteiger partial charge in [0.15, 0.2) is 0 Å². The van der Waals surface area contributed by atoms with Crippen molar-refractivity contribution in [1.82, 2.24) is 4.90 Å². The monoisotopic (exact) mass is 355 g/mol. The van der Waals surface area contributed by atoms with Crippen LogP contribution in [0.5, 0.6) is 0 Å². The Bertz CT molecular complexity index is 738. The molecule has 1 N–H and O–H groups in total. The smallest absolute Gasteiger partial charge is 0.261 e. The second-order valence-corrected chi connectivity index (χ2v) is 8.20. The molecule has 1 heterocycles. The number of rotatable bonds is 4. The summed E-state index contributed by atoms with van der Waals surface area (Å²) < 4.78 is 0. The zero-order valence-electron chi connectivity index (χ0n) is 15.1. The van der Waals surface area contributed by atoms with Crippen molar-refractivity contribution in [3.05, 3.63) is 35.4 Å². The summed E-state index contributed by atoms with van der Waals surface area (Å²) in [5.41, 5.74) is 0.250. The van der Waals surface area contributed by atoms with E-state index in [2.05, 4.69) is 6.92 Å². The molecule has 2 saturated carbocycles. The van der Waals surface area contributed by atoms with E-state index in [0.717, 1.165) is 12.8 Å². The van der Waals surface area contributed by atoms with Crippen LogP contribution in [0.2, 0.25) is 0 Å². The number of carbonyl (C=O) groups excluding carboxylic acids is 3. The Morgan fingerprint density at radius 2 is 1.77 bits per heavy atom. The molecule has 0 saturated heterocycles. The van der Waals surface area contributed by atoms with Gasteiger partial charge in [0.05, 0.1) is 22.6 Å². The van der Waals surface area contributed by atoms with E-state index in [1.165, 1.54) is 4.90 Å². The number of carbonyl (C=O) groups is 3. The zero-order valence-corrected chi connectivity index (χ0v) is 15.1. The number of imide groups is 1. The van der Waals surface area contributed by atoms with Gasteiger partial charge >= 0.3 is 0 Å². The van der Waals surface area contributed by atoms with Gasteiger partial charge in [-0.2, -0.15) is 0 Å². The molecule has 5 heteroatoms. The standard InChI is InChI=1S/C21H25NO4/c1-13-11-14-7-8-17(23)21(14,18(24)12-13)9-4-10-22-19(25)15-5-2-3-6-16(15)20(22)26/h2-3,5-6,13-14,18,24H,4,7-12H2,1H3/t13-,14-,18-,21-/m0/s1. The molecule has 3 aliphatic rings. The number of fused-ring (bicyclic) bond motifs is 2. The lowest BCUT2D eigenvalue weighted by Gasteiger charge is -2.44. The minimum atomic E-state index is -0.662. The van der Waals surface area contributed by atoms with Crippen LogP contribution in [0.1, 0.15) is 66.2 Å². The number of hydrogen-bond acceptors (Lipinski definition) is 4. The molecule has 0 radical (unpaired) electrons. The first-order valence-corrected chi connectivity index (χ1v) is 9.61. The molecule has 0 aromatic heterocycles. The maximum atomic E-state index is 12.7. The maximum Gasteiger partial charge on any atom is 0.261 e. The second kappa shape index (κ2) is 6.31. The molecule has 0 spiro atoms. The Balaban J connectivity index is 1.47. The van der Waals surface area contributed by atoms with Crippen molar-refractivity contribution in [1.29, 1.82) is 0 Å². The van der Waals surface area contributed by atoms with Crippen molar-refractivity contribution in [3.8, 4) is 0 Å². The lowest BCUT2D eigenvalue weighted by Crippen LogP contribution is -2.49. The number of aliphatic hydroxyl groups is 1. The minimum Gasteiger partial charge on any atom is -0.392 e. The molecule has 4 atom stereocenters. The summed E-state index contributed by atoms with van der Waals surface area (Å²) in [5, 5.41) is 10.7. The third-order valence-corrected chi connectivity index (χ3v) is 6.73. The number of Topliss-reactive ketones (excluding diaryl/α,β-unsaturated/α-hetero) is 1. The highest BCUT2D eigenvalue weighted by Crippen LogP contribution is 2.54. The Hall–Kier alpha value is -2.01. The van der Waals surface area contributed by atoms with Gasteiger partial charge in [0.25, 0.3) is 11.8 Å². The normalized spacial score (nSPS) is 33.5. The van der Waals surface area contributed by atoms with Gasteiger partial charge in [0, 0.05) is 13.0 Å². The van der Waals surface area contributed by atoms with Gasteiger partial charge in [-0.15, -0.1) is 0 Å². The van der Waals surface area contributed by atoms with E-state index in [0.29, 0.717) is 49.3 Å². The topological polar surface area (TPSA) is 74.7 Å². The Kier molecular flexibility index (Phi) is 4.22. The first kappa shape index (κ1) is 17.4. The van der Waals surface area contributed by atoms with Crippen LogP contribution in [-0.2, 0) is 4.79 Å². The molecule has 0 bridgehead atoms. The first-order valence-electron chi connectivity index (χ1n) is 9.61. The van der Waals surface area contributed by atoms with E-state index >= 15 is 0 Å². The third kappa shape index (κ3) is 2.44. The van der Waals surface area contributed by atoms with Crippen molar-refractivity contribution in [2.45, 2.75) is 51.6 Å². The van der Waals surface area contributed by atoms with Crippen LogP contribution in [0.25, 0.3) is 0 Å². The molecule has 1 aromatic rings. The molecule has 138 valence electrons. The highest BCUT2D eigenvalue weighted by molar-refractivity contribution is 6.21. The van der Waals surface area contributed by atoms with Crippen LogP contribution < -0.4 is 0 Å².